The molecule has 0 radical (unpaired) electrons. The first-order chi connectivity index (χ1) is 8.13. The van der Waals surface area contributed by atoms with E-state index in [9.17, 15) is 5.11 Å². The van der Waals surface area contributed by atoms with Gasteiger partial charge < -0.3 is 15.7 Å². The molecule has 0 aliphatic heterocycles. The van der Waals surface area contributed by atoms with E-state index in [4.69, 9.17) is 5.73 Å². The third kappa shape index (κ3) is 2.92. The van der Waals surface area contributed by atoms with Gasteiger partial charge in [-0.3, -0.25) is 4.98 Å². The Bertz CT molecular complexity index is 359. The van der Waals surface area contributed by atoms with E-state index in [1.54, 1.807) is 12.4 Å². The molecule has 1 saturated carbocycles. The van der Waals surface area contributed by atoms with Crippen molar-refractivity contribution in [3.05, 3.63) is 18.1 Å². The van der Waals surface area contributed by atoms with Gasteiger partial charge in [0.25, 0.3) is 0 Å². The lowest BCUT2D eigenvalue weighted by atomic mass is 10.0. The SMILES string of the molecule is CN(CC1(O)CCCC1)c1cnc(CN)cn1. The van der Waals surface area contributed by atoms with Crippen molar-refractivity contribution in [2.75, 3.05) is 18.5 Å². The smallest absolute Gasteiger partial charge is 0.146 e. The van der Waals surface area contributed by atoms with Crippen molar-refractivity contribution in [3.63, 3.8) is 0 Å². The minimum Gasteiger partial charge on any atom is -0.388 e. The first-order valence-corrected chi connectivity index (χ1v) is 6.07. The van der Waals surface area contributed by atoms with Gasteiger partial charge in [-0.25, -0.2) is 4.98 Å². The van der Waals surface area contributed by atoms with Gasteiger partial charge >= 0.3 is 0 Å². The summed E-state index contributed by atoms with van der Waals surface area (Å²) in [6.45, 7) is 1.02. The molecule has 1 aliphatic rings. The molecule has 17 heavy (non-hydrogen) atoms. The first kappa shape index (κ1) is 12.3. The molecule has 5 nitrogen and oxygen atoms in total. The van der Waals surface area contributed by atoms with Crippen molar-refractivity contribution in [2.24, 2.45) is 5.73 Å². The molecule has 3 N–H and O–H groups in total. The summed E-state index contributed by atoms with van der Waals surface area (Å²) in [5, 5.41) is 10.3. The molecule has 1 aliphatic carbocycles. The molecule has 1 fully saturated rings. The van der Waals surface area contributed by atoms with E-state index in [2.05, 4.69) is 9.97 Å². The minimum absolute atomic E-state index is 0.404. The van der Waals surface area contributed by atoms with E-state index in [0.717, 1.165) is 37.2 Å². The minimum atomic E-state index is -0.553. The normalized spacial score (nSPS) is 18.3. The number of aromatic nitrogens is 2. The Labute approximate surface area is 102 Å². The van der Waals surface area contributed by atoms with Crippen LogP contribution in [0.2, 0.25) is 0 Å². The topological polar surface area (TPSA) is 75.3 Å². The number of likely N-dealkylation sites (N-methyl/N-ethyl adjacent to an activating group) is 1. The Hall–Kier alpha value is -1.20. The summed E-state index contributed by atoms with van der Waals surface area (Å²) in [4.78, 5) is 10.5. The number of nitrogens with zero attached hydrogens (tertiary/aromatic N) is 3. The van der Waals surface area contributed by atoms with Crippen LogP contribution in [0, 0.1) is 0 Å². The van der Waals surface area contributed by atoms with Crippen LogP contribution in [0.5, 0.6) is 0 Å². The number of rotatable bonds is 4. The maximum Gasteiger partial charge on any atom is 0.146 e. The zero-order valence-corrected chi connectivity index (χ0v) is 10.3. The van der Waals surface area contributed by atoms with Crippen LogP contribution in [0.15, 0.2) is 12.4 Å². The standard InChI is InChI=1S/C12H20N4O/c1-16(9-12(17)4-2-3-5-12)11-8-14-10(6-13)7-15-11/h7-8,17H,2-6,9,13H2,1H3. The fourth-order valence-corrected chi connectivity index (χ4v) is 2.36. The molecule has 0 saturated heterocycles. The Morgan fingerprint density at radius 3 is 2.59 bits per heavy atom. The summed E-state index contributed by atoms with van der Waals surface area (Å²) in [7, 11) is 1.93. The lowest BCUT2D eigenvalue weighted by Crippen LogP contribution is -2.39. The Kier molecular flexibility index (Phi) is 3.59. The Balaban J connectivity index is 2.01. The second-order valence-corrected chi connectivity index (χ2v) is 4.86. The van der Waals surface area contributed by atoms with Gasteiger partial charge in [-0.05, 0) is 12.8 Å². The second kappa shape index (κ2) is 4.98. The van der Waals surface area contributed by atoms with Crippen molar-refractivity contribution in [1.82, 2.24) is 9.97 Å². The van der Waals surface area contributed by atoms with Crippen LogP contribution < -0.4 is 10.6 Å². The molecule has 2 rings (SSSR count). The fraction of sp³-hybridized carbons (Fsp3) is 0.667. The average molecular weight is 236 g/mol. The highest BCUT2D eigenvalue weighted by Gasteiger charge is 2.32. The lowest BCUT2D eigenvalue weighted by Gasteiger charge is -2.29. The van der Waals surface area contributed by atoms with Crippen LogP contribution in [0.25, 0.3) is 0 Å². The summed E-state index contributed by atoms with van der Waals surface area (Å²) >= 11 is 0. The van der Waals surface area contributed by atoms with Crippen molar-refractivity contribution in [2.45, 2.75) is 37.8 Å². The molecular formula is C12H20N4O. The third-order valence-corrected chi connectivity index (χ3v) is 3.36. The van der Waals surface area contributed by atoms with E-state index < -0.39 is 5.60 Å². The molecule has 1 aromatic heterocycles. The highest BCUT2D eigenvalue weighted by molar-refractivity contribution is 5.35. The van der Waals surface area contributed by atoms with Gasteiger partial charge in [0.05, 0.1) is 23.7 Å². The summed E-state index contributed by atoms with van der Waals surface area (Å²) in [5.74, 6) is 0.780. The predicted octanol–water partition coefficient (Wildman–Crippen LogP) is 0.677. The molecule has 1 heterocycles. The zero-order valence-electron chi connectivity index (χ0n) is 10.3. The monoisotopic (exact) mass is 236 g/mol. The molecule has 5 heteroatoms. The predicted molar refractivity (Wildman–Crippen MR) is 66.6 cm³/mol. The molecule has 1 aromatic rings. The van der Waals surface area contributed by atoms with Gasteiger partial charge in [0.2, 0.25) is 0 Å². The maximum absolute atomic E-state index is 10.3. The van der Waals surface area contributed by atoms with Crippen LogP contribution >= 0.6 is 0 Å². The molecule has 94 valence electrons. The van der Waals surface area contributed by atoms with E-state index in [-0.39, 0.29) is 0 Å². The molecule has 0 bridgehead atoms. The van der Waals surface area contributed by atoms with Crippen LogP contribution in [0.3, 0.4) is 0 Å². The lowest BCUT2D eigenvalue weighted by molar-refractivity contribution is 0.0558. The number of hydrogen-bond donors (Lipinski definition) is 2. The molecule has 0 atom stereocenters. The van der Waals surface area contributed by atoms with Crippen LogP contribution in [0.4, 0.5) is 5.82 Å². The highest BCUT2D eigenvalue weighted by atomic mass is 16.3. The van der Waals surface area contributed by atoms with Gasteiger partial charge in [0.1, 0.15) is 5.82 Å². The van der Waals surface area contributed by atoms with Crippen molar-refractivity contribution in [3.8, 4) is 0 Å². The van der Waals surface area contributed by atoms with Gasteiger partial charge in [-0.2, -0.15) is 0 Å². The summed E-state index contributed by atoms with van der Waals surface area (Å²) in [6, 6.07) is 0. The summed E-state index contributed by atoms with van der Waals surface area (Å²) in [6.07, 6.45) is 7.38. The molecule has 0 aromatic carbocycles. The summed E-state index contributed by atoms with van der Waals surface area (Å²) in [5.41, 5.74) is 5.70. The van der Waals surface area contributed by atoms with E-state index in [1.807, 2.05) is 11.9 Å². The Morgan fingerprint density at radius 2 is 2.06 bits per heavy atom. The molecule has 0 unspecified atom stereocenters. The Morgan fingerprint density at radius 1 is 1.35 bits per heavy atom. The molecule has 0 spiro atoms. The maximum atomic E-state index is 10.3. The van der Waals surface area contributed by atoms with Gasteiger partial charge in [-0.1, -0.05) is 12.8 Å². The van der Waals surface area contributed by atoms with Crippen LogP contribution in [-0.4, -0.2) is 34.3 Å². The van der Waals surface area contributed by atoms with Gasteiger partial charge in [-0.15, -0.1) is 0 Å². The second-order valence-electron chi connectivity index (χ2n) is 4.86. The van der Waals surface area contributed by atoms with Gasteiger partial charge in [0.15, 0.2) is 0 Å². The zero-order chi connectivity index (χ0) is 12.3. The van der Waals surface area contributed by atoms with E-state index in [0.29, 0.717) is 13.1 Å². The number of anilines is 1. The average Bonchev–Trinajstić information content (AvgIpc) is 2.76. The third-order valence-electron chi connectivity index (χ3n) is 3.36. The highest BCUT2D eigenvalue weighted by Crippen LogP contribution is 2.30. The van der Waals surface area contributed by atoms with Crippen molar-refractivity contribution in [1.29, 1.82) is 0 Å². The number of aliphatic hydroxyl groups is 1. The van der Waals surface area contributed by atoms with E-state index >= 15 is 0 Å². The first-order valence-electron chi connectivity index (χ1n) is 6.07. The largest absolute Gasteiger partial charge is 0.388 e. The number of hydrogen-bond acceptors (Lipinski definition) is 5. The number of nitrogens with two attached hydrogens (primary N) is 1. The van der Waals surface area contributed by atoms with Crippen LogP contribution in [-0.2, 0) is 6.54 Å². The van der Waals surface area contributed by atoms with Crippen molar-refractivity contribution < 1.29 is 5.11 Å². The fourth-order valence-electron chi connectivity index (χ4n) is 2.36. The van der Waals surface area contributed by atoms with Crippen molar-refractivity contribution >= 4 is 5.82 Å². The molecule has 0 amide bonds. The van der Waals surface area contributed by atoms with Crippen LogP contribution in [0.1, 0.15) is 31.4 Å². The van der Waals surface area contributed by atoms with Gasteiger partial charge in [0, 0.05) is 20.1 Å². The van der Waals surface area contributed by atoms with E-state index in [1.165, 1.54) is 0 Å². The molecular weight excluding hydrogens is 216 g/mol. The summed E-state index contributed by atoms with van der Waals surface area (Å²) < 4.78 is 0. The quantitative estimate of drug-likeness (QED) is 0.804.